The Morgan fingerprint density at radius 3 is 2.24 bits per heavy atom. The number of halogens is 6. The van der Waals surface area contributed by atoms with Gasteiger partial charge in [0.1, 0.15) is 12.1 Å². The van der Waals surface area contributed by atoms with Gasteiger partial charge in [0.05, 0.1) is 19.7 Å². The van der Waals surface area contributed by atoms with Gasteiger partial charge in [-0.2, -0.15) is 26.3 Å². The molecule has 1 fully saturated rings. The number of methoxy groups -OCH3 is 1. The molecule has 2 aromatic carbocycles. The number of carbonyl (C=O) groups excluding carboxylic acids is 2. The highest BCUT2D eigenvalue weighted by Crippen LogP contribution is 2.41. The minimum absolute atomic E-state index is 0.0466. The summed E-state index contributed by atoms with van der Waals surface area (Å²) in [4.78, 5) is 29.0. The number of nitrogens with zero attached hydrogens (tertiary/aromatic N) is 2. The van der Waals surface area contributed by atoms with E-state index < -0.39 is 61.9 Å². The van der Waals surface area contributed by atoms with Crippen LogP contribution >= 0.6 is 0 Å². The number of aromatic nitrogens is 1. The summed E-state index contributed by atoms with van der Waals surface area (Å²) in [5, 5.41) is 0.577. The van der Waals surface area contributed by atoms with Gasteiger partial charge in [0, 0.05) is 29.2 Å². The number of alkyl halides is 6. The zero-order chi connectivity index (χ0) is 27.0. The minimum Gasteiger partial charge on any atom is -0.468 e. The van der Waals surface area contributed by atoms with Crippen molar-refractivity contribution in [3.63, 3.8) is 0 Å². The number of piperazine rings is 1. The number of amides is 1. The first-order chi connectivity index (χ1) is 17.4. The molecule has 37 heavy (non-hydrogen) atoms. The maximum atomic E-state index is 14.6. The van der Waals surface area contributed by atoms with Gasteiger partial charge < -0.3 is 14.6 Å². The third-order valence-electron chi connectivity index (χ3n) is 6.53. The Hall–Kier alpha value is -3.54. The lowest BCUT2D eigenvalue weighted by atomic mass is 9.90. The summed E-state index contributed by atoms with van der Waals surface area (Å²) in [7, 11) is 0.881. The lowest BCUT2D eigenvalue weighted by Crippen LogP contribution is -2.73. The molecule has 0 bridgehead atoms. The van der Waals surface area contributed by atoms with Crippen LogP contribution in [-0.4, -0.2) is 77.3 Å². The predicted octanol–water partition coefficient (Wildman–Crippen LogP) is 4.57. The van der Waals surface area contributed by atoms with Crippen molar-refractivity contribution in [1.29, 1.82) is 0 Å². The van der Waals surface area contributed by atoms with Gasteiger partial charge >= 0.3 is 18.3 Å². The molecule has 198 valence electrons. The molecule has 1 N–H and O–H groups in total. The van der Waals surface area contributed by atoms with Crippen LogP contribution in [0.2, 0.25) is 0 Å². The normalized spacial score (nSPS) is 21.3. The number of nitrogens with one attached hydrogen (secondary N) is 1. The van der Waals surface area contributed by atoms with E-state index in [1.54, 1.807) is 30.3 Å². The van der Waals surface area contributed by atoms with Gasteiger partial charge in [-0.25, -0.2) is 0 Å². The Kier molecular flexibility index (Phi) is 7.22. The lowest BCUT2D eigenvalue weighted by molar-refractivity contribution is -0.260. The van der Waals surface area contributed by atoms with E-state index in [1.807, 2.05) is 0 Å². The highest BCUT2D eigenvalue weighted by Gasteiger charge is 2.61. The van der Waals surface area contributed by atoms with Gasteiger partial charge in [-0.15, -0.1) is 0 Å². The monoisotopic (exact) mass is 527 g/mol. The quantitative estimate of drug-likeness (QED) is 0.390. The topological polar surface area (TPSA) is 65.6 Å². The number of ether oxygens (including phenoxy) is 1. The number of rotatable bonds is 5. The molecule has 3 unspecified atom stereocenters. The second-order valence-electron chi connectivity index (χ2n) is 8.75. The zero-order valence-electron chi connectivity index (χ0n) is 19.5. The molecular formula is C25H23F6N3O3. The third-order valence-corrected chi connectivity index (χ3v) is 6.53. The standard InChI is InChI=1S/C25H23F6N3O3/c1-37-21(35)14-34-20(24(26,27)28)13-33(23(36)15-7-3-2-4-8-15)19(22(34)25(29,30)31)11-16-12-32-18-10-6-5-9-17(16)18/h2-10,12,19-20,22,32H,11,13-14H2,1H3. The summed E-state index contributed by atoms with van der Waals surface area (Å²) in [6, 6.07) is 6.64. The molecule has 4 rings (SSSR count). The van der Waals surface area contributed by atoms with E-state index in [2.05, 4.69) is 9.72 Å². The Balaban J connectivity index is 1.87. The van der Waals surface area contributed by atoms with Crippen LogP contribution in [0.25, 0.3) is 10.9 Å². The molecule has 0 spiro atoms. The summed E-state index contributed by atoms with van der Waals surface area (Å²) in [6.45, 7) is -2.34. The summed E-state index contributed by atoms with van der Waals surface area (Å²) in [5.41, 5.74) is 0.969. The summed E-state index contributed by atoms with van der Waals surface area (Å²) in [6.07, 6.45) is -9.32. The molecular weight excluding hydrogens is 504 g/mol. The molecule has 3 atom stereocenters. The molecule has 1 aromatic heterocycles. The second-order valence-corrected chi connectivity index (χ2v) is 8.75. The fourth-order valence-corrected chi connectivity index (χ4v) is 4.86. The highest BCUT2D eigenvalue weighted by molar-refractivity contribution is 5.94. The molecule has 1 saturated heterocycles. The maximum absolute atomic E-state index is 14.6. The van der Waals surface area contributed by atoms with Crippen LogP contribution in [-0.2, 0) is 16.0 Å². The second kappa shape index (κ2) is 10.1. The number of aromatic amines is 1. The fourth-order valence-electron chi connectivity index (χ4n) is 4.86. The average Bonchev–Trinajstić information content (AvgIpc) is 3.25. The predicted molar refractivity (Wildman–Crippen MR) is 122 cm³/mol. The molecule has 1 amide bonds. The number of H-pyrrole nitrogens is 1. The number of hydrogen-bond donors (Lipinski definition) is 1. The zero-order valence-corrected chi connectivity index (χ0v) is 19.5. The van der Waals surface area contributed by atoms with Crippen LogP contribution in [0.4, 0.5) is 26.3 Å². The first-order valence-electron chi connectivity index (χ1n) is 11.3. The van der Waals surface area contributed by atoms with Crippen LogP contribution < -0.4 is 0 Å². The maximum Gasteiger partial charge on any atom is 0.406 e. The number of hydrogen-bond acceptors (Lipinski definition) is 4. The molecule has 3 aromatic rings. The Labute approximate surface area is 207 Å². The summed E-state index contributed by atoms with van der Waals surface area (Å²) < 4.78 is 90.8. The molecule has 12 heteroatoms. The summed E-state index contributed by atoms with van der Waals surface area (Å²) >= 11 is 0. The van der Waals surface area contributed by atoms with Crippen molar-refractivity contribution in [3.05, 3.63) is 71.9 Å². The van der Waals surface area contributed by atoms with Gasteiger partial charge in [0.15, 0.2) is 0 Å². The largest absolute Gasteiger partial charge is 0.468 e. The van der Waals surface area contributed by atoms with E-state index in [0.29, 0.717) is 21.4 Å². The van der Waals surface area contributed by atoms with E-state index in [9.17, 15) is 35.9 Å². The third kappa shape index (κ3) is 5.43. The van der Waals surface area contributed by atoms with Crippen molar-refractivity contribution in [3.8, 4) is 0 Å². The van der Waals surface area contributed by atoms with Gasteiger partial charge in [-0.3, -0.25) is 14.5 Å². The van der Waals surface area contributed by atoms with Crippen molar-refractivity contribution in [1.82, 2.24) is 14.8 Å². The Morgan fingerprint density at radius 1 is 0.973 bits per heavy atom. The molecule has 0 aliphatic carbocycles. The van der Waals surface area contributed by atoms with Crippen molar-refractivity contribution in [2.24, 2.45) is 0 Å². The van der Waals surface area contributed by atoms with Crippen molar-refractivity contribution in [2.45, 2.75) is 36.9 Å². The summed E-state index contributed by atoms with van der Waals surface area (Å²) in [5.74, 6) is -2.22. The fraction of sp³-hybridized carbons (Fsp3) is 0.360. The number of carbonyl (C=O) groups is 2. The highest BCUT2D eigenvalue weighted by atomic mass is 19.4. The van der Waals surface area contributed by atoms with Crippen LogP contribution in [0, 0.1) is 0 Å². The smallest absolute Gasteiger partial charge is 0.406 e. The molecule has 1 aliphatic rings. The number of benzene rings is 2. The van der Waals surface area contributed by atoms with Crippen LogP contribution in [0.15, 0.2) is 60.8 Å². The van der Waals surface area contributed by atoms with Crippen molar-refractivity contribution in [2.75, 3.05) is 20.2 Å². The molecule has 2 heterocycles. The average molecular weight is 527 g/mol. The number of esters is 1. The van der Waals surface area contributed by atoms with Gasteiger partial charge in [-0.05, 0) is 30.2 Å². The van der Waals surface area contributed by atoms with Crippen molar-refractivity contribution >= 4 is 22.8 Å². The molecule has 0 radical (unpaired) electrons. The lowest BCUT2D eigenvalue weighted by Gasteiger charge is -2.51. The molecule has 6 nitrogen and oxygen atoms in total. The van der Waals surface area contributed by atoms with E-state index in [4.69, 9.17) is 0 Å². The number of fused-ring (bicyclic) bond motifs is 1. The van der Waals surface area contributed by atoms with E-state index >= 15 is 0 Å². The van der Waals surface area contributed by atoms with Gasteiger partial charge in [-0.1, -0.05) is 36.4 Å². The Bertz CT molecular complexity index is 1260. The van der Waals surface area contributed by atoms with Gasteiger partial charge in [0.2, 0.25) is 0 Å². The van der Waals surface area contributed by atoms with Crippen LogP contribution in [0.3, 0.4) is 0 Å². The number of para-hydroxylation sites is 1. The Morgan fingerprint density at radius 2 is 1.62 bits per heavy atom. The van der Waals surface area contributed by atoms with E-state index in [1.165, 1.54) is 30.5 Å². The SMILES string of the molecule is COC(=O)CN1C(C(F)(F)F)CN(C(=O)c2ccccc2)C(Cc2c[nH]c3ccccc23)C1C(F)(F)F. The van der Waals surface area contributed by atoms with Gasteiger partial charge in [0.25, 0.3) is 5.91 Å². The van der Waals surface area contributed by atoms with E-state index in [-0.39, 0.29) is 10.5 Å². The van der Waals surface area contributed by atoms with Crippen LogP contribution in [0.1, 0.15) is 15.9 Å². The molecule has 1 aliphatic heterocycles. The minimum atomic E-state index is -5.22. The molecule has 0 saturated carbocycles. The van der Waals surface area contributed by atoms with Crippen molar-refractivity contribution < 1.29 is 40.7 Å². The van der Waals surface area contributed by atoms with E-state index in [0.717, 1.165) is 7.11 Å². The van der Waals surface area contributed by atoms with Crippen LogP contribution in [0.5, 0.6) is 0 Å². The first-order valence-corrected chi connectivity index (χ1v) is 11.3. The first kappa shape index (κ1) is 26.5.